The van der Waals surface area contributed by atoms with Crippen LogP contribution in [0, 0.1) is 0 Å². The maximum absolute atomic E-state index is 13.0. The zero-order valence-corrected chi connectivity index (χ0v) is 32.9. The van der Waals surface area contributed by atoms with Crippen molar-refractivity contribution in [3.63, 3.8) is 0 Å². The summed E-state index contributed by atoms with van der Waals surface area (Å²) >= 11 is 5.11. The summed E-state index contributed by atoms with van der Waals surface area (Å²) in [5.74, 6) is 2.24. The van der Waals surface area contributed by atoms with Crippen molar-refractivity contribution in [2.45, 2.75) is 63.6 Å². The number of carbonyl (C=O) groups is 3. The summed E-state index contributed by atoms with van der Waals surface area (Å²) < 4.78 is 20.8. The highest BCUT2D eigenvalue weighted by molar-refractivity contribution is 9.10. The van der Waals surface area contributed by atoms with Gasteiger partial charge in [0.25, 0.3) is 5.91 Å². The lowest BCUT2D eigenvalue weighted by Crippen LogP contribution is -2.44. The Bertz CT molecular complexity index is 2190. The number of amides is 1. The molecule has 2 fully saturated rings. The van der Waals surface area contributed by atoms with Crippen molar-refractivity contribution < 1.29 is 33.7 Å². The summed E-state index contributed by atoms with van der Waals surface area (Å²) in [6.07, 6.45) is 4.74. The van der Waals surface area contributed by atoms with E-state index in [1.165, 1.54) is 5.56 Å². The van der Waals surface area contributed by atoms with Crippen molar-refractivity contribution in [3.05, 3.63) is 106 Å². The van der Waals surface area contributed by atoms with Gasteiger partial charge in [0.2, 0.25) is 0 Å². The third-order valence-corrected chi connectivity index (χ3v) is 12.5. The molecule has 5 aromatic rings. The molecule has 55 heavy (non-hydrogen) atoms. The van der Waals surface area contributed by atoms with Crippen molar-refractivity contribution in [2.75, 3.05) is 32.8 Å². The first kappa shape index (κ1) is 37.4. The van der Waals surface area contributed by atoms with Gasteiger partial charge in [0.05, 0.1) is 23.4 Å². The van der Waals surface area contributed by atoms with Gasteiger partial charge in [-0.2, -0.15) is 0 Å². The molecular weight excluding hydrogens is 780 g/mol. The van der Waals surface area contributed by atoms with Crippen molar-refractivity contribution in [1.82, 2.24) is 9.80 Å². The van der Waals surface area contributed by atoms with Gasteiger partial charge in [0.1, 0.15) is 29.6 Å². The van der Waals surface area contributed by atoms with Crippen LogP contribution in [-0.2, 0) is 27.3 Å². The number of aryl methyl sites for hydroxylation is 1. The summed E-state index contributed by atoms with van der Waals surface area (Å²) in [6.45, 7) is 4.52. The number of thiophene rings is 1. The van der Waals surface area contributed by atoms with Crippen LogP contribution in [-0.4, -0.2) is 77.4 Å². The maximum Gasteiger partial charge on any atom is 0.255 e. The number of likely N-dealkylation sites (tertiary alicyclic amines) is 1. The fourth-order valence-electron chi connectivity index (χ4n) is 7.79. The number of piperidine rings is 1. The van der Waals surface area contributed by atoms with Gasteiger partial charge in [0.15, 0.2) is 11.5 Å². The van der Waals surface area contributed by atoms with Crippen molar-refractivity contribution >= 4 is 54.8 Å². The first-order valence-electron chi connectivity index (χ1n) is 19.0. The van der Waals surface area contributed by atoms with Gasteiger partial charge in [-0.05, 0) is 109 Å². The number of phenolic OH excluding ortho intramolecular Hbond substituents is 1. The first-order chi connectivity index (χ1) is 26.8. The molecular formula is C44H43BrN2O7S. The number of rotatable bonds is 13. The van der Waals surface area contributed by atoms with Crippen LogP contribution in [0.1, 0.15) is 60.0 Å². The van der Waals surface area contributed by atoms with Crippen LogP contribution in [0.5, 0.6) is 23.0 Å². The molecule has 0 spiro atoms. The van der Waals surface area contributed by atoms with E-state index in [1.807, 2.05) is 54.6 Å². The quantitative estimate of drug-likeness (QED) is 0.0928. The molecule has 1 saturated carbocycles. The Morgan fingerprint density at radius 2 is 1.64 bits per heavy atom. The number of Topliss-reactive ketones (excluding diaryl/α,β-unsaturated/α-hetero) is 2. The predicted octanol–water partition coefficient (Wildman–Crippen LogP) is 8.97. The number of phenols is 1. The van der Waals surface area contributed by atoms with Gasteiger partial charge in [-0.3, -0.25) is 19.3 Å². The SMILES string of the molecule is O=C1CCC(N2Cc3cc(CCCOC4CCN(CCOc5ccc(Oc6c(-c7ccc(Br)cc7)sc7cc(O)ccc67)cc5)CC4)ccc3C2=O)C(=O)C1. The van der Waals surface area contributed by atoms with E-state index in [9.17, 15) is 19.5 Å². The molecule has 9 nitrogen and oxygen atoms in total. The van der Waals surface area contributed by atoms with Gasteiger partial charge in [-0.25, -0.2) is 0 Å². The lowest BCUT2D eigenvalue weighted by atomic mass is 9.92. The van der Waals surface area contributed by atoms with E-state index >= 15 is 0 Å². The minimum Gasteiger partial charge on any atom is -0.508 e. The molecule has 11 heteroatoms. The largest absolute Gasteiger partial charge is 0.508 e. The van der Waals surface area contributed by atoms with Crippen LogP contribution in [0.25, 0.3) is 20.5 Å². The molecule has 284 valence electrons. The predicted molar refractivity (Wildman–Crippen MR) is 216 cm³/mol. The van der Waals surface area contributed by atoms with Gasteiger partial charge in [-0.15, -0.1) is 11.3 Å². The minimum absolute atomic E-state index is 0.0304. The third kappa shape index (κ3) is 8.65. The second-order valence-corrected chi connectivity index (χ2v) is 16.5. The fraction of sp³-hybridized carbons (Fsp3) is 0.341. The number of hydrogen-bond donors (Lipinski definition) is 1. The fourth-order valence-corrected chi connectivity index (χ4v) is 9.22. The Morgan fingerprint density at radius 3 is 2.42 bits per heavy atom. The maximum atomic E-state index is 13.0. The highest BCUT2D eigenvalue weighted by Crippen LogP contribution is 2.47. The van der Waals surface area contributed by atoms with Crippen LogP contribution in [0.2, 0.25) is 0 Å². The monoisotopic (exact) mass is 822 g/mol. The second-order valence-electron chi connectivity index (χ2n) is 14.5. The number of nitrogens with zero attached hydrogens (tertiary/aromatic N) is 2. The molecule has 8 rings (SSSR count). The van der Waals surface area contributed by atoms with Crippen LogP contribution >= 0.6 is 27.3 Å². The lowest BCUT2D eigenvalue weighted by molar-refractivity contribution is -0.133. The molecule has 1 atom stereocenters. The van der Waals surface area contributed by atoms with E-state index in [4.69, 9.17) is 14.2 Å². The minimum atomic E-state index is -0.484. The highest BCUT2D eigenvalue weighted by atomic mass is 79.9. The summed E-state index contributed by atoms with van der Waals surface area (Å²) in [7, 11) is 0. The number of carbonyl (C=O) groups excluding carboxylic acids is 3. The normalized spacial score (nSPS) is 17.9. The molecule has 3 aliphatic rings. The van der Waals surface area contributed by atoms with E-state index < -0.39 is 6.04 Å². The van der Waals surface area contributed by atoms with Crippen molar-refractivity contribution in [1.29, 1.82) is 0 Å². The van der Waals surface area contributed by atoms with Crippen molar-refractivity contribution in [2.24, 2.45) is 0 Å². The molecule has 1 aromatic heterocycles. The van der Waals surface area contributed by atoms with E-state index in [2.05, 4.69) is 39.0 Å². The van der Waals surface area contributed by atoms with Crippen LogP contribution in [0.15, 0.2) is 89.4 Å². The Hall–Kier alpha value is -4.55. The number of ketones is 2. The topological polar surface area (TPSA) is 106 Å². The number of aromatic hydroxyl groups is 1. The Kier molecular flexibility index (Phi) is 11.3. The number of benzene rings is 4. The van der Waals surface area contributed by atoms with Crippen LogP contribution in [0.3, 0.4) is 0 Å². The summed E-state index contributed by atoms with van der Waals surface area (Å²) in [6, 6.07) is 26.7. The third-order valence-electron chi connectivity index (χ3n) is 10.8. The van der Waals surface area contributed by atoms with E-state index in [0.29, 0.717) is 43.9 Å². The molecule has 1 aliphatic carbocycles. The van der Waals surface area contributed by atoms with E-state index in [1.54, 1.807) is 28.4 Å². The Balaban J connectivity index is 0.750. The zero-order valence-electron chi connectivity index (χ0n) is 30.5. The molecule has 0 radical (unpaired) electrons. The Labute approximate surface area is 332 Å². The molecule has 1 amide bonds. The zero-order chi connectivity index (χ0) is 37.9. The van der Waals surface area contributed by atoms with Crippen LogP contribution in [0.4, 0.5) is 0 Å². The summed E-state index contributed by atoms with van der Waals surface area (Å²) in [5.41, 5.74) is 3.85. The molecule has 0 bridgehead atoms. The molecule has 1 N–H and O–H groups in total. The molecule has 2 aliphatic heterocycles. The number of fused-ring (bicyclic) bond motifs is 2. The average molecular weight is 824 g/mol. The number of ether oxygens (including phenoxy) is 3. The van der Waals surface area contributed by atoms with Crippen LogP contribution < -0.4 is 9.47 Å². The average Bonchev–Trinajstić information content (AvgIpc) is 3.70. The summed E-state index contributed by atoms with van der Waals surface area (Å²) in [4.78, 5) is 42.2. The van der Waals surface area contributed by atoms with E-state index in [-0.39, 0.29) is 35.7 Å². The smallest absolute Gasteiger partial charge is 0.255 e. The Morgan fingerprint density at radius 1 is 0.855 bits per heavy atom. The van der Waals surface area contributed by atoms with E-state index in [0.717, 1.165) is 87.4 Å². The van der Waals surface area contributed by atoms with Gasteiger partial charge >= 0.3 is 0 Å². The summed E-state index contributed by atoms with van der Waals surface area (Å²) in [5, 5.41) is 11.0. The number of halogens is 1. The molecule has 1 unspecified atom stereocenters. The second kappa shape index (κ2) is 16.7. The number of hydrogen-bond acceptors (Lipinski definition) is 9. The van der Waals surface area contributed by atoms with Crippen molar-refractivity contribution in [3.8, 4) is 33.4 Å². The molecule has 3 heterocycles. The molecule has 1 saturated heterocycles. The van der Waals surface area contributed by atoms with Gasteiger partial charge < -0.3 is 24.2 Å². The standard InChI is InChI=1S/C44H43BrN2O7S/c45-31-6-4-29(5-7-31)43-42(38-15-8-33(49)26-41(38)55-43)54-36-12-10-34(11-13-36)53-23-21-46-19-17-35(18-20-46)52-22-1-2-28-3-14-37-30(24-28)27-47(44(37)51)39-16-9-32(48)25-40(39)50/h3-8,10-15,24,26,35,39,49H,1-2,9,16-23,25,27H2. The lowest BCUT2D eigenvalue weighted by Gasteiger charge is -2.31. The highest BCUT2D eigenvalue weighted by Gasteiger charge is 2.39. The van der Waals surface area contributed by atoms with Gasteiger partial charge in [0, 0.05) is 59.3 Å². The molecule has 4 aromatic carbocycles. The first-order valence-corrected chi connectivity index (χ1v) is 20.6. The van der Waals surface area contributed by atoms with Gasteiger partial charge in [-0.1, -0.05) is 40.2 Å².